The molecule has 3 aromatic rings. The Balaban J connectivity index is 1.69. The maximum atomic E-state index is 11.6. The summed E-state index contributed by atoms with van der Waals surface area (Å²) >= 11 is 0. The molecule has 0 spiro atoms. The molecule has 3 aromatic carbocycles. The lowest BCUT2D eigenvalue weighted by Gasteiger charge is -2.35. The second-order valence-corrected chi connectivity index (χ2v) is 8.21. The fourth-order valence-electron chi connectivity index (χ4n) is 4.71. The monoisotopic (exact) mass is 442 g/mol. The summed E-state index contributed by atoms with van der Waals surface area (Å²) in [5.41, 5.74) is 6.23. The smallest absolute Gasteiger partial charge is 0.330 e. The van der Waals surface area contributed by atoms with Gasteiger partial charge >= 0.3 is 5.97 Å². The first-order valence-electron chi connectivity index (χ1n) is 11.4. The van der Waals surface area contributed by atoms with Crippen LogP contribution in [0.15, 0.2) is 72.8 Å². The summed E-state index contributed by atoms with van der Waals surface area (Å²) in [6.07, 6.45) is 5.34. The molecule has 4 nitrogen and oxygen atoms in total. The van der Waals surface area contributed by atoms with Gasteiger partial charge < -0.3 is 14.2 Å². The highest BCUT2D eigenvalue weighted by molar-refractivity contribution is 5.87. The summed E-state index contributed by atoms with van der Waals surface area (Å²) in [5.74, 6) is 2.04. The molecule has 0 radical (unpaired) electrons. The number of methoxy groups -OCH3 is 2. The number of hydrogen-bond donors (Lipinski definition) is 0. The van der Waals surface area contributed by atoms with Crippen LogP contribution in [-0.2, 0) is 16.0 Å². The van der Waals surface area contributed by atoms with Gasteiger partial charge in [-0.15, -0.1) is 0 Å². The Morgan fingerprint density at radius 1 is 0.909 bits per heavy atom. The van der Waals surface area contributed by atoms with Crippen molar-refractivity contribution in [2.24, 2.45) is 0 Å². The highest BCUT2D eigenvalue weighted by Crippen LogP contribution is 2.47. The van der Waals surface area contributed by atoms with Crippen LogP contribution < -0.4 is 9.47 Å². The molecule has 4 rings (SSSR count). The molecule has 4 heteroatoms. The van der Waals surface area contributed by atoms with E-state index in [2.05, 4.69) is 54.6 Å². The Hall–Kier alpha value is -3.53. The van der Waals surface area contributed by atoms with E-state index in [1.54, 1.807) is 27.2 Å². The summed E-state index contributed by atoms with van der Waals surface area (Å²) in [4.78, 5) is 11.6. The van der Waals surface area contributed by atoms with Crippen molar-refractivity contribution in [2.45, 2.75) is 31.6 Å². The molecule has 0 N–H and O–H groups in total. The number of carbonyl (C=O) groups is 1. The normalized spacial score (nSPS) is 17.4. The van der Waals surface area contributed by atoms with Crippen LogP contribution in [0.2, 0.25) is 0 Å². The molecule has 1 aliphatic rings. The van der Waals surface area contributed by atoms with Gasteiger partial charge in [-0.1, -0.05) is 42.5 Å². The lowest BCUT2D eigenvalue weighted by atomic mass is 9.69. The van der Waals surface area contributed by atoms with Crippen molar-refractivity contribution in [3.05, 3.63) is 101 Å². The van der Waals surface area contributed by atoms with Crippen LogP contribution in [0.5, 0.6) is 11.5 Å². The molecule has 33 heavy (non-hydrogen) atoms. The first-order valence-corrected chi connectivity index (χ1v) is 11.4. The molecule has 1 aliphatic carbocycles. The molecule has 0 amide bonds. The molecule has 0 saturated heterocycles. The summed E-state index contributed by atoms with van der Waals surface area (Å²) in [6, 6.07) is 23.4. The van der Waals surface area contributed by atoms with Crippen molar-refractivity contribution in [1.82, 2.24) is 0 Å². The fraction of sp³-hybridized carbons (Fsp3) is 0.276. The average molecular weight is 443 g/mol. The third-order valence-electron chi connectivity index (χ3n) is 6.35. The van der Waals surface area contributed by atoms with E-state index >= 15 is 0 Å². The molecule has 0 heterocycles. The van der Waals surface area contributed by atoms with Crippen LogP contribution in [0.25, 0.3) is 6.08 Å². The first-order chi connectivity index (χ1) is 16.1. The lowest BCUT2D eigenvalue weighted by Crippen LogP contribution is -2.20. The summed E-state index contributed by atoms with van der Waals surface area (Å²) in [5, 5.41) is 0. The summed E-state index contributed by atoms with van der Waals surface area (Å²) < 4.78 is 15.8. The number of esters is 1. The van der Waals surface area contributed by atoms with Gasteiger partial charge in [-0.05, 0) is 83.8 Å². The summed E-state index contributed by atoms with van der Waals surface area (Å²) in [7, 11) is 3.41. The second kappa shape index (κ2) is 10.4. The van der Waals surface area contributed by atoms with Crippen molar-refractivity contribution in [2.75, 3.05) is 20.8 Å². The largest absolute Gasteiger partial charge is 0.497 e. The van der Waals surface area contributed by atoms with Gasteiger partial charge in [-0.3, -0.25) is 0 Å². The van der Waals surface area contributed by atoms with Gasteiger partial charge in [0, 0.05) is 12.0 Å². The van der Waals surface area contributed by atoms with Crippen LogP contribution >= 0.6 is 0 Å². The number of fused-ring (bicyclic) bond motifs is 1. The SMILES string of the molecule is CCOC(=O)/C=C/c1ccc(C2c3ccc(OC)cc3CCC2c2ccc(OC)cc2)cc1. The quantitative estimate of drug-likeness (QED) is 0.326. The minimum absolute atomic E-state index is 0.233. The highest BCUT2D eigenvalue weighted by Gasteiger charge is 2.32. The van der Waals surface area contributed by atoms with Crippen molar-refractivity contribution in [3.8, 4) is 11.5 Å². The van der Waals surface area contributed by atoms with Crippen molar-refractivity contribution < 1.29 is 19.0 Å². The Kier molecular flexibility index (Phi) is 7.13. The first kappa shape index (κ1) is 22.7. The van der Waals surface area contributed by atoms with Crippen LogP contribution in [-0.4, -0.2) is 26.8 Å². The minimum Gasteiger partial charge on any atom is -0.497 e. The highest BCUT2D eigenvalue weighted by atomic mass is 16.5. The van der Waals surface area contributed by atoms with Crippen molar-refractivity contribution in [3.63, 3.8) is 0 Å². The van der Waals surface area contributed by atoms with E-state index in [0.29, 0.717) is 12.5 Å². The van der Waals surface area contributed by atoms with Crippen LogP contribution in [0, 0.1) is 0 Å². The Labute approximate surface area is 195 Å². The Bertz CT molecular complexity index is 1110. The third kappa shape index (κ3) is 5.11. The number of carbonyl (C=O) groups excluding carboxylic acids is 1. The predicted molar refractivity (Wildman–Crippen MR) is 131 cm³/mol. The molecule has 0 bridgehead atoms. The topological polar surface area (TPSA) is 44.8 Å². The van der Waals surface area contributed by atoms with Crippen LogP contribution in [0.1, 0.15) is 53.0 Å². The van der Waals surface area contributed by atoms with Crippen LogP contribution in [0.4, 0.5) is 0 Å². The molecule has 2 atom stereocenters. The van der Waals surface area contributed by atoms with Gasteiger partial charge in [0.05, 0.1) is 20.8 Å². The number of hydrogen-bond acceptors (Lipinski definition) is 4. The van der Waals surface area contributed by atoms with Gasteiger partial charge in [0.1, 0.15) is 11.5 Å². The van der Waals surface area contributed by atoms with E-state index in [1.165, 1.54) is 28.3 Å². The molecule has 0 aromatic heterocycles. The maximum absolute atomic E-state index is 11.6. The van der Waals surface area contributed by atoms with E-state index in [4.69, 9.17) is 14.2 Å². The average Bonchev–Trinajstić information content (AvgIpc) is 2.87. The Morgan fingerprint density at radius 3 is 2.24 bits per heavy atom. The van der Waals surface area contributed by atoms with E-state index < -0.39 is 0 Å². The molecule has 170 valence electrons. The zero-order chi connectivity index (χ0) is 23.2. The van der Waals surface area contributed by atoms with Crippen LogP contribution in [0.3, 0.4) is 0 Å². The van der Waals surface area contributed by atoms with Gasteiger partial charge in [-0.25, -0.2) is 4.79 Å². The molecule has 0 aliphatic heterocycles. The van der Waals surface area contributed by atoms with E-state index in [1.807, 2.05) is 12.1 Å². The molecule has 0 fully saturated rings. The Morgan fingerprint density at radius 2 is 1.58 bits per heavy atom. The van der Waals surface area contributed by atoms with Crippen molar-refractivity contribution in [1.29, 1.82) is 0 Å². The van der Waals surface area contributed by atoms with Gasteiger partial charge in [0.15, 0.2) is 0 Å². The summed E-state index contributed by atoms with van der Waals surface area (Å²) in [6.45, 7) is 2.18. The van der Waals surface area contributed by atoms with Gasteiger partial charge in [0.2, 0.25) is 0 Å². The standard InChI is InChI=1S/C29H30O4/c1-4-33-28(30)18-7-20-5-8-22(9-6-20)29-26(21-10-13-24(31-2)14-11-21)16-12-23-19-25(32-3)15-17-27(23)29/h5-11,13-15,17-19,26,29H,4,12,16H2,1-3H3/b18-7+. The minimum atomic E-state index is -0.323. The molecular formula is C29H30O4. The van der Waals surface area contributed by atoms with Crippen molar-refractivity contribution >= 4 is 12.0 Å². The van der Waals surface area contributed by atoms with E-state index in [-0.39, 0.29) is 11.9 Å². The number of rotatable bonds is 7. The number of aryl methyl sites for hydroxylation is 1. The molecule has 0 saturated carbocycles. The predicted octanol–water partition coefficient (Wildman–Crippen LogP) is 6.14. The molecule has 2 unspecified atom stereocenters. The maximum Gasteiger partial charge on any atom is 0.330 e. The lowest BCUT2D eigenvalue weighted by molar-refractivity contribution is -0.137. The van der Waals surface area contributed by atoms with Gasteiger partial charge in [-0.2, -0.15) is 0 Å². The second-order valence-electron chi connectivity index (χ2n) is 8.21. The van der Waals surface area contributed by atoms with Gasteiger partial charge in [0.25, 0.3) is 0 Å². The third-order valence-corrected chi connectivity index (χ3v) is 6.35. The number of ether oxygens (including phenoxy) is 3. The number of benzene rings is 3. The van der Waals surface area contributed by atoms with E-state index in [0.717, 1.165) is 29.9 Å². The van der Waals surface area contributed by atoms with E-state index in [9.17, 15) is 4.79 Å². The zero-order valence-corrected chi connectivity index (χ0v) is 19.4. The molecular weight excluding hydrogens is 412 g/mol. The fourth-order valence-corrected chi connectivity index (χ4v) is 4.71. The zero-order valence-electron chi connectivity index (χ0n) is 19.4.